The minimum Gasteiger partial charge on any atom is -0.487 e. The first kappa shape index (κ1) is 19.8. The van der Waals surface area contributed by atoms with Crippen LogP contribution in [0.25, 0.3) is 0 Å². The Bertz CT molecular complexity index is 759. The van der Waals surface area contributed by atoms with E-state index in [0.29, 0.717) is 24.7 Å². The molecule has 0 aliphatic rings. The second kappa shape index (κ2) is 9.80. The number of carbonyl (C=O) groups excluding carboxylic acids is 1. The van der Waals surface area contributed by atoms with Crippen molar-refractivity contribution < 1.29 is 18.7 Å². The molecular weight excluding hydrogens is 332 g/mol. The quantitative estimate of drug-likeness (QED) is 0.633. The Balaban J connectivity index is 1.77. The van der Waals surface area contributed by atoms with Crippen molar-refractivity contribution >= 4 is 5.97 Å². The van der Waals surface area contributed by atoms with Gasteiger partial charge in [-0.15, -0.1) is 0 Å². The van der Waals surface area contributed by atoms with Crippen molar-refractivity contribution in [1.82, 2.24) is 0 Å². The molecule has 1 heterocycles. The topological polar surface area (TPSA) is 65.7 Å². The van der Waals surface area contributed by atoms with E-state index in [1.165, 1.54) is 17.9 Å². The van der Waals surface area contributed by atoms with E-state index < -0.39 is 0 Å². The normalized spacial score (nSPS) is 10.8. The van der Waals surface area contributed by atoms with E-state index in [2.05, 4.69) is 13.8 Å². The number of ether oxygens (including phenoxy) is 2. The van der Waals surface area contributed by atoms with E-state index in [0.717, 1.165) is 12.0 Å². The van der Waals surface area contributed by atoms with Crippen LogP contribution < -0.4 is 10.2 Å². The lowest BCUT2D eigenvalue weighted by Crippen LogP contribution is -2.11. The second-order valence-electron chi connectivity index (χ2n) is 6.75. The molecule has 0 amide bonds. The van der Waals surface area contributed by atoms with E-state index in [1.807, 2.05) is 31.2 Å². The van der Waals surface area contributed by atoms with Crippen molar-refractivity contribution in [3.8, 4) is 5.75 Å². The van der Waals surface area contributed by atoms with Gasteiger partial charge in [0.15, 0.2) is 0 Å². The summed E-state index contributed by atoms with van der Waals surface area (Å²) in [7, 11) is 0. The van der Waals surface area contributed by atoms with Crippen LogP contribution in [-0.2, 0) is 22.6 Å². The van der Waals surface area contributed by atoms with Crippen molar-refractivity contribution in [2.75, 3.05) is 6.61 Å². The van der Waals surface area contributed by atoms with Gasteiger partial charge in [0.05, 0.1) is 6.61 Å². The Morgan fingerprint density at radius 1 is 1.19 bits per heavy atom. The second-order valence-corrected chi connectivity index (χ2v) is 6.75. The van der Waals surface area contributed by atoms with Crippen molar-refractivity contribution in [1.29, 1.82) is 0 Å². The molecule has 0 saturated heterocycles. The highest BCUT2D eigenvalue weighted by Crippen LogP contribution is 2.10. The molecule has 0 spiro atoms. The third-order valence-corrected chi connectivity index (χ3v) is 3.92. The number of rotatable bonds is 9. The molecule has 2 rings (SSSR count). The van der Waals surface area contributed by atoms with Gasteiger partial charge in [0.25, 0.3) is 0 Å². The number of hydrogen-bond acceptors (Lipinski definition) is 5. The third kappa shape index (κ3) is 6.75. The molecule has 0 fully saturated rings. The highest BCUT2D eigenvalue weighted by Gasteiger charge is 2.09. The fourth-order valence-corrected chi connectivity index (χ4v) is 2.25. The Hall–Kier alpha value is -2.56. The molecule has 0 aliphatic heterocycles. The maximum atomic E-state index is 12.0. The first-order valence-electron chi connectivity index (χ1n) is 8.89. The minimum atomic E-state index is -0.328. The van der Waals surface area contributed by atoms with Gasteiger partial charge in [-0.2, -0.15) is 0 Å². The summed E-state index contributed by atoms with van der Waals surface area (Å²) in [5.74, 6) is 0.654. The molecule has 0 saturated carbocycles. The Kier molecular flexibility index (Phi) is 7.45. The van der Waals surface area contributed by atoms with Crippen molar-refractivity contribution in [2.45, 2.75) is 46.6 Å². The Morgan fingerprint density at radius 3 is 2.58 bits per heavy atom. The van der Waals surface area contributed by atoms with E-state index in [1.54, 1.807) is 0 Å². The minimum absolute atomic E-state index is 0.0613. The summed E-state index contributed by atoms with van der Waals surface area (Å²) in [4.78, 5) is 23.8. The molecular formula is C21H26O5. The average Bonchev–Trinajstić information content (AvgIpc) is 2.61. The summed E-state index contributed by atoms with van der Waals surface area (Å²) in [6, 6.07) is 9.33. The van der Waals surface area contributed by atoms with Crippen LogP contribution in [0.4, 0.5) is 0 Å². The molecule has 0 N–H and O–H groups in total. The summed E-state index contributed by atoms with van der Waals surface area (Å²) in [6.45, 7) is 6.60. The van der Waals surface area contributed by atoms with Crippen LogP contribution in [0.15, 0.2) is 45.8 Å². The van der Waals surface area contributed by atoms with Crippen LogP contribution in [0.5, 0.6) is 5.75 Å². The predicted octanol–water partition coefficient (Wildman–Crippen LogP) is 4.05. The molecule has 0 radical (unpaired) electrons. The molecule has 0 bridgehead atoms. The zero-order valence-corrected chi connectivity index (χ0v) is 15.6. The van der Waals surface area contributed by atoms with Crippen LogP contribution >= 0.6 is 0 Å². The van der Waals surface area contributed by atoms with Gasteiger partial charge in [-0.25, -0.2) is 0 Å². The molecule has 140 valence electrons. The van der Waals surface area contributed by atoms with Crippen LogP contribution in [0, 0.1) is 12.8 Å². The average molecular weight is 358 g/mol. The Labute approximate surface area is 153 Å². The molecule has 0 atom stereocenters. The lowest BCUT2D eigenvalue weighted by atomic mass is 10.1. The molecule has 1 aromatic heterocycles. The van der Waals surface area contributed by atoms with E-state index in [9.17, 15) is 9.59 Å². The molecule has 5 nitrogen and oxygen atoms in total. The third-order valence-electron chi connectivity index (χ3n) is 3.92. The van der Waals surface area contributed by atoms with Gasteiger partial charge in [0.2, 0.25) is 11.2 Å². The summed E-state index contributed by atoms with van der Waals surface area (Å²) in [6.07, 6.45) is 3.04. The van der Waals surface area contributed by atoms with Gasteiger partial charge in [-0.3, -0.25) is 9.59 Å². The fraction of sp³-hybridized carbons (Fsp3) is 0.429. The standard InChI is InChI=1S/C21H26O5/c1-15(2)10-11-24-20-14-25-18(12-19(20)22)13-26-21(23)9-8-17-6-4-16(3)5-7-17/h4-7,12,14-15H,8-11,13H2,1-3H3. The zero-order chi connectivity index (χ0) is 18.9. The molecule has 2 aromatic rings. The maximum Gasteiger partial charge on any atom is 0.306 e. The summed E-state index contributed by atoms with van der Waals surface area (Å²) >= 11 is 0. The van der Waals surface area contributed by atoms with Gasteiger partial charge in [0.1, 0.15) is 18.6 Å². The largest absolute Gasteiger partial charge is 0.487 e. The van der Waals surface area contributed by atoms with Crippen molar-refractivity contribution in [3.63, 3.8) is 0 Å². The lowest BCUT2D eigenvalue weighted by molar-refractivity contribution is -0.145. The Morgan fingerprint density at radius 2 is 1.92 bits per heavy atom. The number of hydrogen-bond donors (Lipinski definition) is 0. The van der Waals surface area contributed by atoms with Crippen molar-refractivity contribution in [2.24, 2.45) is 5.92 Å². The molecule has 5 heteroatoms. The fourth-order valence-electron chi connectivity index (χ4n) is 2.25. The van der Waals surface area contributed by atoms with Gasteiger partial charge >= 0.3 is 5.97 Å². The molecule has 0 unspecified atom stereocenters. The van der Waals surface area contributed by atoms with Crippen LogP contribution in [0.2, 0.25) is 0 Å². The summed E-state index contributed by atoms with van der Waals surface area (Å²) < 4.78 is 15.9. The van der Waals surface area contributed by atoms with Gasteiger partial charge in [0, 0.05) is 12.5 Å². The number of carbonyl (C=O) groups is 1. The molecule has 0 aliphatic carbocycles. The maximum absolute atomic E-state index is 12.0. The van der Waals surface area contributed by atoms with Gasteiger partial charge < -0.3 is 13.9 Å². The van der Waals surface area contributed by atoms with E-state index in [-0.39, 0.29) is 30.2 Å². The first-order valence-corrected chi connectivity index (χ1v) is 8.89. The molecule has 26 heavy (non-hydrogen) atoms. The summed E-state index contributed by atoms with van der Waals surface area (Å²) in [5.41, 5.74) is 2.00. The number of aryl methyl sites for hydroxylation is 2. The van der Waals surface area contributed by atoms with E-state index >= 15 is 0 Å². The van der Waals surface area contributed by atoms with E-state index in [4.69, 9.17) is 13.9 Å². The predicted molar refractivity (Wildman–Crippen MR) is 99.2 cm³/mol. The number of benzene rings is 1. The van der Waals surface area contributed by atoms with Crippen LogP contribution in [-0.4, -0.2) is 12.6 Å². The number of esters is 1. The SMILES string of the molecule is Cc1ccc(CCC(=O)OCc2cc(=O)c(OCCC(C)C)co2)cc1. The van der Waals surface area contributed by atoms with Crippen molar-refractivity contribution in [3.05, 3.63) is 63.7 Å². The monoisotopic (exact) mass is 358 g/mol. The van der Waals surface area contributed by atoms with Gasteiger partial charge in [-0.1, -0.05) is 43.7 Å². The first-order chi connectivity index (χ1) is 12.4. The summed E-state index contributed by atoms with van der Waals surface area (Å²) in [5, 5.41) is 0. The molecule has 1 aromatic carbocycles. The highest BCUT2D eigenvalue weighted by atomic mass is 16.5. The van der Waals surface area contributed by atoms with Crippen LogP contribution in [0.3, 0.4) is 0 Å². The van der Waals surface area contributed by atoms with Crippen LogP contribution in [0.1, 0.15) is 43.6 Å². The highest BCUT2D eigenvalue weighted by molar-refractivity contribution is 5.69. The zero-order valence-electron chi connectivity index (χ0n) is 15.6. The lowest BCUT2D eigenvalue weighted by Gasteiger charge is -2.08. The smallest absolute Gasteiger partial charge is 0.306 e. The van der Waals surface area contributed by atoms with Gasteiger partial charge in [-0.05, 0) is 31.2 Å².